The zero-order valence-electron chi connectivity index (χ0n) is 12.4. The van der Waals surface area contributed by atoms with Crippen molar-refractivity contribution in [2.75, 3.05) is 13.1 Å². The number of likely N-dealkylation sites (tertiary alicyclic amines) is 1. The highest BCUT2D eigenvalue weighted by Gasteiger charge is 2.30. The molecule has 2 atom stereocenters. The lowest BCUT2D eigenvalue weighted by Gasteiger charge is -2.26. The molecule has 2 fully saturated rings. The molecule has 0 radical (unpaired) electrons. The molecule has 1 aromatic rings. The van der Waals surface area contributed by atoms with E-state index >= 15 is 0 Å². The lowest BCUT2D eigenvalue weighted by molar-refractivity contribution is -0.132. The van der Waals surface area contributed by atoms with Crippen molar-refractivity contribution in [2.24, 2.45) is 0 Å². The number of amides is 1. The molecule has 0 saturated carbocycles. The second-order valence-electron chi connectivity index (χ2n) is 6.13. The van der Waals surface area contributed by atoms with E-state index in [1.165, 1.54) is 18.4 Å². The molecule has 2 aliphatic heterocycles. The van der Waals surface area contributed by atoms with Crippen LogP contribution in [-0.4, -0.2) is 29.9 Å². The number of hydrogen-bond acceptors (Lipinski definition) is 2. The third-order valence-electron chi connectivity index (χ3n) is 4.68. The first-order valence-electron chi connectivity index (χ1n) is 8.02. The van der Waals surface area contributed by atoms with Crippen molar-refractivity contribution in [3.8, 4) is 0 Å². The maximum atomic E-state index is 12.6. The highest BCUT2D eigenvalue weighted by Crippen LogP contribution is 2.33. The molecule has 114 valence electrons. The first kappa shape index (κ1) is 15.0. The summed E-state index contributed by atoms with van der Waals surface area (Å²) >= 11 is 3.53. The Hall–Kier alpha value is -0.870. The van der Waals surface area contributed by atoms with E-state index in [0.29, 0.717) is 18.4 Å². The molecule has 0 aromatic heterocycles. The Morgan fingerprint density at radius 3 is 3.00 bits per heavy atom. The molecule has 1 N–H and O–H groups in total. The minimum absolute atomic E-state index is 0.270. The number of nitrogens with zero attached hydrogens (tertiary/aromatic N) is 1. The molecule has 21 heavy (non-hydrogen) atoms. The van der Waals surface area contributed by atoms with Gasteiger partial charge in [-0.3, -0.25) is 4.79 Å². The van der Waals surface area contributed by atoms with Crippen LogP contribution in [0.3, 0.4) is 0 Å². The van der Waals surface area contributed by atoms with Crippen LogP contribution < -0.4 is 5.32 Å². The summed E-state index contributed by atoms with van der Waals surface area (Å²) in [6.07, 6.45) is 6.35. The van der Waals surface area contributed by atoms with Crippen molar-refractivity contribution in [3.05, 3.63) is 34.3 Å². The maximum Gasteiger partial charge on any atom is 0.223 e. The van der Waals surface area contributed by atoms with E-state index in [1.807, 2.05) is 6.07 Å². The van der Waals surface area contributed by atoms with Gasteiger partial charge in [-0.25, -0.2) is 0 Å². The molecule has 3 nitrogen and oxygen atoms in total. The summed E-state index contributed by atoms with van der Waals surface area (Å²) in [7, 11) is 0. The van der Waals surface area contributed by atoms with E-state index in [9.17, 15) is 4.79 Å². The van der Waals surface area contributed by atoms with Crippen LogP contribution >= 0.6 is 15.9 Å². The average molecular weight is 351 g/mol. The molecule has 2 saturated heterocycles. The van der Waals surface area contributed by atoms with Crippen molar-refractivity contribution >= 4 is 21.8 Å². The number of hydrogen-bond donors (Lipinski definition) is 1. The quantitative estimate of drug-likeness (QED) is 0.898. The second kappa shape index (κ2) is 6.93. The summed E-state index contributed by atoms with van der Waals surface area (Å²) < 4.78 is 1.09. The fraction of sp³-hybridized carbons (Fsp3) is 0.588. The van der Waals surface area contributed by atoms with Gasteiger partial charge >= 0.3 is 0 Å². The molecule has 0 aliphatic carbocycles. The summed E-state index contributed by atoms with van der Waals surface area (Å²) in [5, 5.41) is 3.48. The molecule has 0 bridgehead atoms. The minimum Gasteiger partial charge on any atom is -0.336 e. The van der Waals surface area contributed by atoms with Gasteiger partial charge < -0.3 is 10.2 Å². The predicted octanol–water partition coefficient (Wildman–Crippen LogP) is 3.64. The number of carbonyl (C=O) groups excluding carboxylic acids is 1. The van der Waals surface area contributed by atoms with E-state index in [1.54, 1.807) is 0 Å². The zero-order chi connectivity index (χ0) is 14.7. The van der Waals surface area contributed by atoms with Crippen LogP contribution in [-0.2, 0) is 4.79 Å². The van der Waals surface area contributed by atoms with Gasteiger partial charge in [-0.2, -0.15) is 0 Å². The van der Waals surface area contributed by atoms with Crippen molar-refractivity contribution in [1.29, 1.82) is 0 Å². The van der Waals surface area contributed by atoms with Crippen LogP contribution in [0, 0.1) is 0 Å². The molecule has 1 amide bonds. The Balaban J connectivity index is 1.61. The van der Waals surface area contributed by atoms with Gasteiger partial charge in [0.25, 0.3) is 0 Å². The molecular weight excluding hydrogens is 328 g/mol. The largest absolute Gasteiger partial charge is 0.336 e. The monoisotopic (exact) mass is 350 g/mol. The van der Waals surface area contributed by atoms with Gasteiger partial charge in [0.05, 0.1) is 6.04 Å². The van der Waals surface area contributed by atoms with Crippen LogP contribution in [0.25, 0.3) is 0 Å². The maximum absolute atomic E-state index is 12.6. The molecule has 2 heterocycles. The van der Waals surface area contributed by atoms with E-state index in [0.717, 1.165) is 36.8 Å². The molecule has 4 heteroatoms. The fourth-order valence-electron chi connectivity index (χ4n) is 3.57. The Morgan fingerprint density at radius 2 is 2.24 bits per heavy atom. The highest BCUT2D eigenvalue weighted by atomic mass is 79.9. The summed E-state index contributed by atoms with van der Waals surface area (Å²) in [5.41, 5.74) is 1.26. The van der Waals surface area contributed by atoms with E-state index < -0.39 is 0 Å². The van der Waals surface area contributed by atoms with Crippen molar-refractivity contribution < 1.29 is 4.79 Å². The van der Waals surface area contributed by atoms with Gasteiger partial charge in [-0.05, 0) is 56.3 Å². The fourth-order valence-corrected chi connectivity index (χ4v) is 3.99. The van der Waals surface area contributed by atoms with E-state index in [2.05, 4.69) is 44.3 Å². The van der Waals surface area contributed by atoms with Gasteiger partial charge in [0.15, 0.2) is 0 Å². The highest BCUT2D eigenvalue weighted by molar-refractivity contribution is 9.10. The Morgan fingerprint density at radius 1 is 1.33 bits per heavy atom. The number of rotatable bonds is 4. The molecule has 3 rings (SSSR count). The van der Waals surface area contributed by atoms with Crippen LogP contribution in [0.2, 0.25) is 0 Å². The van der Waals surface area contributed by atoms with Gasteiger partial charge in [-0.15, -0.1) is 0 Å². The van der Waals surface area contributed by atoms with Gasteiger partial charge in [-0.1, -0.05) is 28.1 Å². The Kier molecular flexibility index (Phi) is 4.96. The SMILES string of the molecule is O=C(CCC1CCCN1)N1CCCC1c1cccc(Br)c1. The van der Waals surface area contributed by atoms with E-state index in [-0.39, 0.29) is 6.04 Å². The van der Waals surface area contributed by atoms with Crippen LogP contribution in [0.4, 0.5) is 0 Å². The van der Waals surface area contributed by atoms with Crippen LogP contribution in [0.15, 0.2) is 28.7 Å². The third-order valence-corrected chi connectivity index (χ3v) is 5.17. The van der Waals surface area contributed by atoms with Crippen molar-refractivity contribution in [2.45, 2.75) is 50.6 Å². The lowest BCUT2D eigenvalue weighted by atomic mass is 10.0. The second-order valence-corrected chi connectivity index (χ2v) is 7.05. The standard InChI is InChI=1S/C17H23BrN2O/c18-14-5-1-4-13(12-14)16-7-3-11-20(16)17(21)9-8-15-6-2-10-19-15/h1,4-5,12,15-16,19H,2-3,6-11H2. The average Bonchev–Trinajstić information content (AvgIpc) is 3.16. The number of nitrogens with one attached hydrogen (secondary N) is 1. The molecule has 2 unspecified atom stereocenters. The normalized spacial score (nSPS) is 25.5. The Labute approximate surface area is 135 Å². The smallest absolute Gasteiger partial charge is 0.223 e. The van der Waals surface area contributed by atoms with Crippen LogP contribution in [0.1, 0.15) is 50.1 Å². The van der Waals surface area contributed by atoms with E-state index in [4.69, 9.17) is 0 Å². The summed E-state index contributed by atoms with van der Waals surface area (Å²) in [5.74, 6) is 0.325. The Bertz CT molecular complexity index is 499. The van der Waals surface area contributed by atoms with Gasteiger partial charge in [0.2, 0.25) is 5.91 Å². The molecular formula is C17H23BrN2O. The molecule has 1 aromatic carbocycles. The van der Waals surface area contributed by atoms with Crippen molar-refractivity contribution in [1.82, 2.24) is 10.2 Å². The van der Waals surface area contributed by atoms with Crippen molar-refractivity contribution in [3.63, 3.8) is 0 Å². The molecule has 0 spiro atoms. The first-order valence-corrected chi connectivity index (χ1v) is 8.81. The third kappa shape index (κ3) is 3.67. The summed E-state index contributed by atoms with van der Waals surface area (Å²) in [6, 6.07) is 9.21. The topological polar surface area (TPSA) is 32.3 Å². The summed E-state index contributed by atoms with van der Waals surface area (Å²) in [4.78, 5) is 14.7. The zero-order valence-corrected chi connectivity index (χ0v) is 13.9. The van der Waals surface area contributed by atoms with Gasteiger partial charge in [0, 0.05) is 23.5 Å². The first-order chi connectivity index (χ1) is 10.2. The number of halogens is 1. The molecule has 2 aliphatic rings. The minimum atomic E-state index is 0.270. The predicted molar refractivity (Wildman–Crippen MR) is 88.1 cm³/mol. The van der Waals surface area contributed by atoms with Gasteiger partial charge in [0.1, 0.15) is 0 Å². The lowest BCUT2D eigenvalue weighted by Crippen LogP contribution is -2.32. The number of carbonyl (C=O) groups is 1. The summed E-state index contributed by atoms with van der Waals surface area (Å²) in [6.45, 7) is 2.03. The number of benzene rings is 1. The van der Waals surface area contributed by atoms with Crippen LogP contribution in [0.5, 0.6) is 0 Å².